The highest BCUT2D eigenvalue weighted by atomic mass is 32.2. The van der Waals surface area contributed by atoms with Gasteiger partial charge in [-0.1, -0.05) is 54.3 Å². The maximum absolute atomic E-state index is 12.9. The molecule has 2 aromatic carbocycles. The van der Waals surface area contributed by atoms with Gasteiger partial charge in [-0.05, 0) is 42.3 Å². The van der Waals surface area contributed by atoms with Gasteiger partial charge in [0, 0.05) is 13.1 Å². The smallest absolute Gasteiger partial charge is 0.270 e. The molecular weight excluding hydrogens is 432 g/mol. The molecule has 4 rings (SSSR count). The molecule has 0 aliphatic carbocycles. The number of ether oxygens (including phenoxy) is 2. The maximum Gasteiger partial charge on any atom is 0.270 e. The molecule has 0 aromatic heterocycles. The zero-order valence-corrected chi connectivity index (χ0v) is 18.7. The Hall–Kier alpha value is -2.68. The van der Waals surface area contributed by atoms with Gasteiger partial charge in [0.05, 0.1) is 23.8 Å². The first-order valence-electron chi connectivity index (χ1n) is 9.95. The zero-order valence-electron chi connectivity index (χ0n) is 17.1. The molecule has 2 aliphatic heterocycles. The Morgan fingerprint density at radius 3 is 2.58 bits per heavy atom. The molecule has 160 valence electrons. The zero-order chi connectivity index (χ0) is 21.8. The summed E-state index contributed by atoms with van der Waals surface area (Å²) in [6.07, 6.45) is 1.82. The predicted molar refractivity (Wildman–Crippen MR) is 126 cm³/mol. The van der Waals surface area contributed by atoms with Crippen LogP contribution in [0.25, 0.3) is 6.08 Å². The van der Waals surface area contributed by atoms with Gasteiger partial charge in [0.1, 0.15) is 5.75 Å². The van der Waals surface area contributed by atoms with Crippen LogP contribution in [0.3, 0.4) is 0 Å². The Labute approximate surface area is 190 Å². The molecule has 2 amide bonds. The topological polar surface area (TPSA) is 59.1 Å². The van der Waals surface area contributed by atoms with Crippen LogP contribution >= 0.6 is 24.0 Å². The number of para-hydroxylation sites is 1. The monoisotopic (exact) mass is 454 g/mol. The Balaban J connectivity index is 1.40. The summed E-state index contributed by atoms with van der Waals surface area (Å²) in [4.78, 5) is 29.0. The first-order chi connectivity index (χ1) is 15.0. The van der Waals surface area contributed by atoms with E-state index in [2.05, 4.69) is 0 Å². The number of carbonyl (C=O) groups is 2. The minimum absolute atomic E-state index is 0.00552. The predicted octanol–water partition coefficient (Wildman–Crippen LogP) is 3.64. The van der Waals surface area contributed by atoms with Crippen LogP contribution in [-0.4, -0.2) is 53.9 Å². The first-order valence-corrected chi connectivity index (χ1v) is 11.2. The van der Waals surface area contributed by atoms with Gasteiger partial charge in [-0.3, -0.25) is 14.5 Å². The molecule has 0 N–H and O–H groups in total. The molecule has 31 heavy (non-hydrogen) atoms. The molecule has 2 saturated heterocycles. The van der Waals surface area contributed by atoms with Gasteiger partial charge in [0.15, 0.2) is 10.9 Å². The van der Waals surface area contributed by atoms with Crippen molar-refractivity contribution in [2.24, 2.45) is 0 Å². The molecule has 2 heterocycles. The number of rotatable bonds is 5. The van der Waals surface area contributed by atoms with Crippen molar-refractivity contribution in [2.45, 2.75) is 6.92 Å². The maximum atomic E-state index is 12.9. The van der Waals surface area contributed by atoms with Crippen LogP contribution in [0.15, 0.2) is 53.4 Å². The molecule has 0 saturated carbocycles. The van der Waals surface area contributed by atoms with E-state index in [4.69, 9.17) is 21.7 Å². The lowest BCUT2D eigenvalue weighted by Crippen LogP contribution is -2.42. The molecule has 2 fully saturated rings. The second kappa shape index (κ2) is 9.64. The van der Waals surface area contributed by atoms with E-state index in [0.717, 1.165) is 16.8 Å². The Bertz CT molecular complexity index is 1030. The minimum Gasteiger partial charge on any atom is -0.484 e. The van der Waals surface area contributed by atoms with Crippen molar-refractivity contribution in [2.75, 3.05) is 37.8 Å². The van der Waals surface area contributed by atoms with Gasteiger partial charge in [-0.2, -0.15) is 0 Å². The third kappa shape index (κ3) is 4.98. The van der Waals surface area contributed by atoms with Crippen LogP contribution in [0.5, 0.6) is 5.75 Å². The van der Waals surface area contributed by atoms with Crippen LogP contribution in [0, 0.1) is 6.92 Å². The average Bonchev–Trinajstić information content (AvgIpc) is 3.06. The Morgan fingerprint density at radius 2 is 1.87 bits per heavy atom. The summed E-state index contributed by atoms with van der Waals surface area (Å²) < 4.78 is 11.4. The summed E-state index contributed by atoms with van der Waals surface area (Å²) >= 11 is 6.74. The summed E-state index contributed by atoms with van der Waals surface area (Å²) in [6, 6.07) is 15.0. The number of thioether (sulfide) groups is 1. The standard InChI is InChI=1S/C23H22N2O4S2/c1-16-4-2-3-5-19(16)25-22(27)20(31-23(25)30)14-17-6-8-18(9-7-17)29-15-21(26)24-10-12-28-13-11-24/h2-9,14H,10-13,15H2,1H3/b20-14+. The van der Waals surface area contributed by atoms with Gasteiger partial charge < -0.3 is 14.4 Å². The van der Waals surface area contributed by atoms with E-state index >= 15 is 0 Å². The molecule has 0 bridgehead atoms. The number of aryl methyl sites for hydroxylation is 1. The molecule has 0 spiro atoms. The van der Waals surface area contributed by atoms with Crippen molar-refractivity contribution in [1.29, 1.82) is 0 Å². The molecule has 2 aromatic rings. The number of thiocarbonyl (C=S) groups is 1. The summed E-state index contributed by atoms with van der Waals surface area (Å²) in [7, 11) is 0. The summed E-state index contributed by atoms with van der Waals surface area (Å²) in [5.41, 5.74) is 2.66. The number of amides is 2. The Morgan fingerprint density at radius 1 is 1.16 bits per heavy atom. The lowest BCUT2D eigenvalue weighted by Gasteiger charge is -2.26. The fourth-order valence-corrected chi connectivity index (χ4v) is 4.64. The number of hydrogen-bond donors (Lipinski definition) is 0. The van der Waals surface area contributed by atoms with Crippen LogP contribution in [-0.2, 0) is 14.3 Å². The summed E-state index contributed by atoms with van der Waals surface area (Å²) in [5, 5.41) is 0. The van der Waals surface area contributed by atoms with Crippen LogP contribution < -0.4 is 9.64 Å². The normalized spacial score (nSPS) is 18.0. The van der Waals surface area contributed by atoms with Crippen molar-refractivity contribution in [3.63, 3.8) is 0 Å². The van der Waals surface area contributed by atoms with Crippen molar-refractivity contribution in [3.05, 3.63) is 64.6 Å². The molecule has 6 nitrogen and oxygen atoms in total. The number of nitrogens with zero attached hydrogens (tertiary/aromatic N) is 2. The van der Waals surface area contributed by atoms with Crippen molar-refractivity contribution in [3.8, 4) is 5.75 Å². The molecular formula is C23H22N2O4S2. The first kappa shape index (κ1) is 21.5. The highest BCUT2D eigenvalue weighted by Gasteiger charge is 2.33. The number of benzene rings is 2. The second-order valence-corrected chi connectivity index (χ2v) is 8.83. The molecule has 0 radical (unpaired) electrons. The molecule has 8 heteroatoms. The van der Waals surface area contributed by atoms with E-state index < -0.39 is 0 Å². The SMILES string of the molecule is Cc1ccccc1N1C(=O)/C(=C\c2ccc(OCC(=O)N3CCOCC3)cc2)SC1=S. The van der Waals surface area contributed by atoms with Gasteiger partial charge in [-0.15, -0.1) is 0 Å². The fraction of sp³-hybridized carbons (Fsp3) is 0.261. The fourth-order valence-electron chi connectivity index (χ4n) is 3.35. The quantitative estimate of drug-likeness (QED) is 0.508. The largest absolute Gasteiger partial charge is 0.484 e. The summed E-state index contributed by atoms with van der Waals surface area (Å²) in [5.74, 6) is 0.430. The third-order valence-electron chi connectivity index (χ3n) is 5.05. The van der Waals surface area contributed by atoms with E-state index in [1.165, 1.54) is 11.8 Å². The van der Waals surface area contributed by atoms with Gasteiger partial charge >= 0.3 is 0 Å². The minimum atomic E-state index is -0.124. The lowest BCUT2D eigenvalue weighted by atomic mass is 10.1. The van der Waals surface area contributed by atoms with Crippen LogP contribution in [0.2, 0.25) is 0 Å². The summed E-state index contributed by atoms with van der Waals surface area (Å²) in [6.45, 7) is 4.28. The van der Waals surface area contributed by atoms with Crippen molar-refractivity contribution >= 4 is 51.9 Å². The lowest BCUT2D eigenvalue weighted by molar-refractivity contribution is -0.137. The molecule has 0 atom stereocenters. The number of anilines is 1. The van der Waals surface area contributed by atoms with E-state index in [1.54, 1.807) is 21.9 Å². The second-order valence-electron chi connectivity index (χ2n) is 7.15. The van der Waals surface area contributed by atoms with E-state index in [1.807, 2.05) is 49.4 Å². The van der Waals surface area contributed by atoms with Gasteiger partial charge in [0.2, 0.25) is 0 Å². The highest BCUT2D eigenvalue weighted by Crippen LogP contribution is 2.37. The Kier molecular flexibility index (Phi) is 6.70. The average molecular weight is 455 g/mol. The van der Waals surface area contributed by atoms with E-state index in [9.17, 15) is 9.59 Å². The van der Waals surface area contributed by atoms with E-state index in [-0.39, 0.29) is 18.4 Å². The van der Waals surface area contributed by atoms with Gasteiger partial charge in [-0.25, -0.2) is 0 Å². The molecule has 0 unspecified atom stereocenters. The highest BCUT2D eigenvalue weighted by molar-refractivity contribution is 8.27. The third-order valence-corrected chi connectivity index (χ3v) is 6.36. The number of carbonyl (C=O) groups excluding carboxylic acids is 2. The molecule has 2 aliphatic rings. The van der Waals surface area contributed by atoms with Crippen molar-refractivity contribution in [1.82, 2.24) is 4.90 Å². The van der Waals surface area contributed by atoms with E-state index in [0.29, 0.717) is 41.3 Å². The number of hydrogen-bond acceptors (Lipinski definition) is 6. The van der Waals surface area contributed by atoms with Crippen LogP contribution in [0.1, 0.15) is 11.1 Å². The van der Waals surface area contributed by atoms with Crippen molar-refractivity contribution < 1.29 is 19.1 Å². The number of morpholine rings is 1. The van der Waals surface area contributed by atoms with Gasteiger partial charge in [0.25, 0.3) is 11.8 Å². The van der Waals surface area contributed by atoms with Crippen LogP contribution in [0.4, 0.5) is 5.69 Å².